The van der Waals surface area contributed by atoms with E-state index in [-0.39, 0.29) is 29.5 Å². The molecule has 1 aliphatic rings. The second-order valence-corrected chi connectivity index (χ2v) is 6.86. The Balaban J connectivity index is 1.78. The molecular formula is C20H20F3N5O3. The summed E-state index contributed by atoms with van der Waals surface area (Å²) in [5, 5.41) is 19.0. The third kappa shape index (κ3) is 5.51. The van der Waals surface area contributed by atoms with Crippen molar-refractivity contribution >= 4 is 29.3 Å². The number of rotatable bonds is 7. The number of nitrogens with zero attached hydrogens (tertiary/aromatic N) is 2. The molecule has 2 heterocycles. The van der Waals surface area contributed by atoms with Crippen molar-refractivity contribution in [2.45, 2.75) is 6.36 Å². The van der Waals surface area contributed by atoms with Crippen LogP contribution in [0.1, 0.15) is 15.9 Å². The number of nitrogens with two attached hydrogens (primary N) is 1. The second-order valence-electron chi connectivity index (χ2n) is 6.86. The Kier molecular flexibility index (Phi) is 6.44. The molecule has 31 heavy (non-hydrogen) atoms. The van der Waals surface area contributed by atoms with E-state index in [2.05, 4.69) is 15.0 Å². The number of alkyl halides is 3. The number of carbonyl (C=O) groups excluding carboxylic acids is 1. The smallest absolute Gasteiger partial charge is 0.406 e. The van der Waals surface area contributed by atoms with E-state index in [9.17, 15) is 23.1 Å². The molecule has 0 unspecified atom stereocenters. The number of aliphatic hydroxyl groups is 1. The van der Waals surface area contributed by atoms with E-state index in [1.807, 2.05) is 4.90 Å². The normalized spacial score (nSPS) is 14.7. The van der Waals surface area contributed by atoms with Crippen LogP contribution in [-0.4, -0.2) is 48.3 Å². The molecular weight excluding hydrogens is 415 g/mol. The third-order valence-corrected chi connectivity index (χ3v) is 4.56. The lowest BCUT2D eigenvalue weighted by molar-refractivity contribution is -0.274. The standard InChI is InChI=1S/C20H20F3N5O3/c21-20(22,23)31-15-3-1-14(2-4-15)27-19(30)13-7-16(17(25)5-6-24)18(26-8-13)28-9-12(10-28)11-29/h1-8,12,24,29H,9-11,25H2,(H,27,30)/b17-5-,24-6?. The number of aromatic nitrogens is 1. The van der Waals surface area contributed by atoms with E-state index >= 15 is 0 Å². The summed E-state index contributed by atoms with van der Waals surface area (Å²) >= 11 is 0. The summed E-state index contributed by atoms with van der Waals surface area (Å²) in [4.78, 5) is 18.8. The Morgan fingerprint density at radius 2 is 2.03 bits per heavy atom. The number of nitrogens with one attached hydrogen (secondary N) is 2. The van der Waals surface area contributed by atoms with Crippen molar-refractivity contribution in [3.63, 3.8) is 0 Å². The van der Waals surface area contributed by atoms with E-state index in [0.717, 1.165) is 18.3 Å². The molecule has 8 nitrogen and oxygen atoms in total. The molecule has 1 amide bonds. The second kappa shape index (κ2) is 9.04. The van der Waals surface area contributed by atoms with Gasteiger partial charge in [0.2, 0.25) is 0 Å². The summed E-state index contributed by atoms with van der Waals surface area (Å²) in [6.07, 6.45) is -1.06. The quantitative estimate of drug-likeness (QED) is 0.496. The van der Waals surface area contributed by atoms with Crippen LogP contribution in [0, 0.1) is 11.3 Å². The zero-order chi connectivity index (χ0) is 22.6. The van der Waals surface area contributed by atoms with Crippen LogP contribution in [0.2, 0.25) is 0 Å². The van der Waals surface area contributed by atoms with E-state index in [4.69, 9.17) is 11.1 Å². The van der Waals surface area contributed by atoms with Crippen molar-refractivity contribution in [1.29, 1.82) is 5.41 Å². The maximum Gasteiger partial charge on any atom is 0.573 e. The predicted molar refractivity (Wildman–Crippen MR) is 109 cm³/mol. The van der Waals surface area contributed by atoms with Crippen LogP contribution in [0.25, 0.3) is 5.70 Å². The van der Waals surface area contributed by atoms with Gasteiger partial charge < -0.3 is 31.2 Å². The van der Waals surface area contributed by atoms with Gasteiger partial charge in [0.05, 0.1) is 5.56 Å². The number of benzene rings is 1. The van der Waals surface area contributed by atoms with Crippen LogP contribution >= 0.6 is 0 Å². The first kappa shape index (κ1) is 22.1. The fourth-order valence-corrected chi connectivity index (χ4v) is 3.03. The average molecular weight is 435 g/mol. The fourth-order valence-electron chi connectivity index (χ4n) is 3.03. The summed E-state index contributed by atoms with van der Waals surface area (Å²) in [7, 11) is 0. The van der Waals surface area contributed by atoms with Crippen molar-refractivity contribution in [3.05, 3.63) is 53.7 Å². The number of hydrogen-bond acceptors (Lipinski definition) is 7. The molecule has 0 atom stereocenters. The van der Waals surface area contributed by atoms with Crippen LogP contribution in [-0.2, 0) is 0 Å². The van der Waals surface area contributed by atoms with Gasteiger partial charge in [-0.25, -0.2) is 4.98 Å². The summed E-state index contributed by atoms with van der Waals surface area (Å²) in [5.41, 5.74) is 7.18. The highest BCUT2D eigenvalue weighted by Gasteiger charge is 2.31. The number of anilines is 2. The first-order valence-electron chi connectivity index (χ1n) is 9.19. The SMILES string of the molecule is N=C/C=C(\N)c1cc(C(=O)Nc2ccc(OC(F)(F)F)cc2)cnc1N1CC(CO)C1. The largest absolute Gasteiger partial charge is 0.573 e. The average Bonchev–Trinajstić information content (AvgIpc) is 2.68. The van der Waals surface area contributed by atoms with Gasteiger partial charge in [0.15, 0.2) is 0 Å². The topological polar surface area (TPSA) is 125 Å². The van der Waals surface area contributed by atoms with Crippen molar-refractivity contribution in [1.82, 2.24) is 4.98 Å². The molecule has 1 fully saturated rings. The van der Waals surface area contributed by atoms with Gasteiger partial charge in [-0.15, -0.1) is 13.2 Å². The monoisotopic (exact) mass is 435 g/mol. The lowest BCUT2D eigenvalue weighted by Gasteiger charge is -2.40. The minimum Gasteiger partial charge on any atom is -0.406 e. The molecule has 0 bridgehead atoms. The minimum atomic E-state index is -4.80. The molecule has 1 saturated heterocycles. The molecule has 1 aromatic heterocycles. The van der Waals surface area contributed by atoms with Crippen LogP contribution in [0.5, 0.6) is 5.75 Å². The molecule has 5 N–H and O–H groups in total. The molecule has 2 aromatic rings. The lowest BCUT2D eigenvalue weighted by Crippen LogP contribution is -2.49. The van der Waals surface area contributed by atoms with Crippen molar-refractivity contribution in [2.24, 2.45) is 11.7 Å². The number of carbonyl (C=O) groups is 1. The van der Waals surface area contributed by atoms with Crippen LogP contribution in [0.3, 0.4) is 0 Å². The molecule has 1 aromatic carbocycles. The first-order valence-corrected chi connectivity index (χ1v) is 9.19. The van der Waals surface area contributed by atoms with E-state index in [0.29, 0.717) is 24.5 Å². The van der Waals surface area contributed by atoms with Gasteiger partial charge in [-0.1, -0.05) is 0 Å². The lowest BCUT2D eigenvalue weighted by atomic mass is 9.99. The number of amides is 1. The predicted octanol–water partition coefficient (Wildman–Crippen LogP) is 2.61. The van der Waals surface area contributed by atoms with Crippen molar-refractivity contribution in [3.8, 4) is 5.75 Å². The number of hydrogen-bond donors (Lipinski definition) is 4. The van der Waals surface area contributed by atoms with Gasteiger partial charge in [0.1, 0.15) is 11.6 Å². The maximum absolute atomic E-state index is 12.6. The van der Waals surface area contributed by atoms with E-state index in [1.54, 1.807) is 0 Å². The highest BCUT2D eigenvalue weighted by molar-refractivity contribution is 6.05. The molecule has 0 aliphatic carbocycles. The summed E-state index contributed by atoms with van der Waals surface area (Å²) in [5.74, 6) is -0.274. The van der Waals surface area contributed by atoms with E-state index < -0.39 is 18.0 Å². The number of aliphatic hydroxyl groups excluding tert-OH is 1. The third-order valence-electron chi connectivity index (χ3n) is 4.56. The number of allylic oxidation sites excluding steroid dienone is 1. The zero-order valence-electron chi connectivity index (χ0n) is 16.2. The molecule has 3 rings (SSSR count). The van der Waals surface area contributed by atoms with Gasteiger partial charge >= 0.3 is 6.36 Å². The van der Waals surface area contributed by atoms with Gasteiger partial charge in [-0.3, -0.25) is 4.79 Å². The Morgan fingerprint density at radius 3 is 2.61 bits per heavy atom. The Labute approximate surface area is 175 Å². The molecule has 0 radical (unpaired) electrons. The van der Waals surface area contributed by atoms with E-state index in [1.165, 1.54) is 30.5 Å². The number of ether oxygens (including phenoxy) is 1. The van der Waals surface area contributed by atoms with Crippen molar-refractivity contribution in [2.75, 3.05) is 29.9 Å². The Morgan fingerprint density at radius 1 is 1.35 bits per heavy atom. The summed E-state index contributed by atoms with van der Waals surface area (Å²) < 4.78 is 40.5. The van der Waals surface area contributed by atoms with Crippen LogP contribution in [0.15, 0.2) is 42.6 Å². The van der Waals surface area contributed by atoms with Crippen LogP contribution in [0.4, 0.5) is 24.7 Å². The van der Waals surface area contributed by atoms with Gasteiger partial charge in [-0.2, -0.15) is 0 Å². The number of halogens is 3. The summed E-state index contributed by atoms with van der Waals surface area (Å²) in [6.45, 7) is 1.24. The molecule has 0 saturated carbocycles. The molecule has 1 aliphatic heterocycles. The highest BCUT2D eigenvalue weighted by Crippen LogP contribution is 2.30. The maximum atomic E-state index is 12.6. The van der Waals surface area contributed by atoms with Gasteiger partial charge in [0.25, 0.3) is 5.91 Å². The fraction of sp³-hybridized carbons (Fsp3) is 0.250. The summed E-state index contributed by atoms with van der Waals surface area (Å²) in [6, 6.07) is 6.25. The molecule has 164 valence electrons. The number of pyridine rings is 1. The van der Waals surface area contributed by atoms with Crippen LogP contribution < -0.4 is 20.7 Å². The zero-order valence-corrected chi connectivity index (χ0v) is 16.2. The van der Waals surface area contributed by atoms with Gasteiger partial charge in [0, 0.05) is 55.0 Å². The van der Waals surface area contributed by atoms with Crippen molar-refractivity contribution < 1.29 is 27.8 Å². The molecule has 11 heteroatoms. The first-order chi connectivity index (χ1) is 14.7. The van der Waals surface area contributed by atoms with Gasteiger partial charge in [-0.05, 0) is 36.4 Å². The Bertz CT molecular complexity index is 987. The minimum absolute atomic E-state index is 0.0605. The Hall–Kier alpha value is -3.60. The highest BCUT2D eigenvalue weighted by atomic mass is 19.4. The molecule has 0 spiro atoms.